The van der Waals surface area contributed by atoms with Gasteiger partial charge in [0.2, 0.25) is 11.8 Å². The molecule has 0 atom stereocenters. The van der Waals surface area contributed by atoms with Gasteiger partial charge < -0.3 is 29.4 Å². The monoisotopic (exact) mass is 704 g/mol. The Morgan fingerprint density at radius 1 is 0.608 bits per heavy atom. The molecule has 0 bridgehead atoms. The molecule has 4 aromatic rings. The lowest BCUT2D eigenvalue weighted by Crippen LogP contribution is -2.28. The number of carbonyl (C=O) groups excluding carboxylic acids is 4. The maximum Gasteiger partial charge on any atom is 0.314 e. The number of amides is 2. The maximum absolute atomic E-state index is 14.4. The van der Waals surface area contributed by atoms with E-state index < -0.39 is 23.6 Å². The average Bonchev–Trinajstić information content (AvgIpc) is 3.68. The largest absolute Gasteiger partial charge is 0.493 e. The number of nitrogens with zero attached hydrogens (tertiary/aromatic N) is 1. The minimum absolute atomic E-state index is 0.00890. The highest BCUT2D eigenvalue weighted by molar-refractivity contribution is 6.19. The van der Waals surface area contributed by atoms with Crippen LogP contribution in [0.4, 0.5) is 20.2 Å². The van der Waals surface area contributed by atoms with Gasteiger partial charge in [0.05, 0.1) is 32.7 Å². The number of cyclic esters (lactones) is 2. The molecule has 2 saturated heterocycles. The van der Waals surface area contributed by atoms with Gasteiger partial charge in [-0.2, -0.15) is 0 Å². The third kappa shape index (κ3) is 10.0. The topological polar surface area (TPSA) is 144 Å². The molecule has 268 valence electrons. The van der Waals surface area contributed by atoms with Gasteiger partial charge in [-0.05, 0) is 72.5 Å². The van der Waals surface area contributed by atoms with Crippen LogP contribution in [0.15, 0.2) is 72.8 Å². The van der Waals surface area contributed by atoms with Crippen molar-refractivity contribution in [3.8, 4) is 34.5 Å². The van der Waals surface area contributed by atoms with E-state index in [0.29, 0.717) is 28.7 Å². The summed E-state index contributed by atoms with van der Waals surface area (Å²) in [6, 6.07) is 19.3. The molecular weight excluding hydrogens is 666 g/mol. The molecule has 0 radical (unpaired) electrons. The molecule has 6 rings (SSSR count). The van der Waals surface area contributed by atoms with Crippen molar-refractivity contribution < 1.29 is 51.6 Å². The van der Waals surface area contributed by atoms with E-state index in [1.54, 1.807) is 25.3 Å². The Kier molecular flexibility index (Phi) is 13.1. The van der Waals surface area contributed by atoms with Crippen molar-refractivity contribution in [1.29, 1.82) is 0 Å². The lowest BCUT2D eigenvalue weighted by Gasteiger charge is -2.16. The zero-order chi connectivity index (χ0) is 37.1. The Morgan fingerprint density at radius 3 is 1.45 bits per heavy atom. The Labute approximate surface area is 293 Å². The fraction of sp³-hybridized carbons (Fsp3) is 0.263. The van der Waals surface area contributed by atoms with Gasteiger partial charge in [-0.3, -0.25) is 24.1 Å². The maximum atomic E-state index is 14.4. The summed E-state index contributed by atoms with van der Waals surface area (Å²) in [7, 11) is 3.08. The van der Waals surface area contributed by atoms with E-state index in [0.717, 1.165) is 34.9 Å². The molecule has 0 unspecified atom stereocenters. The van der Waals surface area contributed by atoms with Gasteiger partial charge in [0.25, 0.3) is 0 Å². The molecule has 4 aromatic carbocycles. The van der Waals surface area contributed by atoms with Crippen molar-refractivity contribution >= 4 is 35.1 Å². The number of esters is 2. The lowest BCUT2D eigenvalue weighted by molar-refractivity contribution is -0.152. The number of benzene rings is 4. The number of hydrogen-bond acceptors (Lipinski definition) is 10. The molecule has 0 aliphatic carbocycles. The number of rotatable bonds is 9. The van der Waals surface area contributed by atoms with Crippen LogP contribution in [0.5, 0.6) is 34.5 Å². The Bertz CT molecular complexity index is 1880. The van der Waals surface area contributed by atoms with Gasteiger partial charge in [0.15, 0.2) is 46.1 Å². The minimum Gasteiger partial charge on any atom is -0.493 e. The molecule has 2 heterocycles. The molecule has 13 heteroatoms. The summed E-state index contributed by atoms with van der Waals surface area (Å²) in [5.41, 5.74) is 8.27. The molecule has 51 heavy (non-hydrogen) atoms. The van der Waals surface area contributed by atoms with Crippen LogP contribution >= 0.6 is 0 Å². The molecule has 2 aliphatic heterocycles. The van der Waals surface area contributed by atoms with E-state index in [1.165, 1.54) is 31.4 Å². The number of hydrogen-bond donors (Lipinski definition) is 1. The molecule has 2 amide bonds. The first kappa shape index (κ1) is 37.8. The van der Waals surface area contributed by atoms with E-state index >= 15 is 0 Å². The summed E-state index contributed by atoms with van der Waals surface area (Å²) in [5.74, 6) is -0.540. The quantitative estimate of drug-likeness (QED) is 0.0807. The molecule has 11 nitrogen and oxygen atoms in total. The fourth-order valence-electron chi connectivity index (χ4n) is 4.88. The SMILES string of the molecule is CCc1ccc(Oc2ccc(N)cc2F)c(OC)c1.CCc1ccc(Oc2ccc(N3C(=O)CCC3=O)cc2F)c(OC)c1.O=C1CCC(=O)O1. The highest BCUT2D eigenvalue weighted by Crippen LogP contribution is 2.36. The number of carbonyl (C=O) groups is 4. The highest BCUT2D eigenvalue weighted by atomic mass is 19.1. The number of ether oxygens (including phenoxy) is 5. The summed E-state index contributed by atoms with van der Waals surface area (Å²) < 4.78 is 53.8. The van der Waals surface area contributed by atoms with Gasteiger partial charge >= 0.3 is 11.9 Å². The lowest BCUT2D eigenvalue weighted by atomic mass is 10.1. The number of nitrogens with two attached hydrogens (primary N) is 1. The second-order valence-electron chi connectivity index (χ2n) is 11.2. The van der Waals surface area contributed by atoms with Gasteiger partial charge in [0, 0.05) is 30.7 Å². The minimum atomic E-state index is -0.661. The Hall–Kier alpha value is -5.98. The first-order valence-electron chi connectivity index (χ1n) is 16.1. The predicted octanol–water partition coefficient (Wildman–Crippen LogP) is 7.46. The number of imide groups is 1. The van der Waals surface area contributed by atoms with Crippen LogP contribution in [0.3, 0.4) is 0 Å². The average molecular weight is 705 g/mol. The number of halogens is 2. The van der Waals surface area contributed by atoms with E-state index in [9.17, 15) is 28.0 Å². The normalized spacial score (nSPS) is 13.5. The van der Waals surface area contributed by atoms with Crippen LogP contribution in [-0.4, -0.2) is 38.0 Å². The third-order valence-electron chi connectivity index (χ3n) is 7.65. The molecular formula is C38H38F2N2O9. The van der Waals surface area contributed by atoms with Crippen LogP contribution in [0, 0.1) is 11.6 Å². The second kappa shape index (κ2) is 17.6. The molecule has 2 aliphatic rings. The molecule has 0 spiro atoms. The number of methoxy groups -OCH3 is 2. The van der Waals surface area contributed by atoms with Crippen molar-refractivity contribution in [3.63, 3.8) is 0 Å². The number of anilines is 2. The zero-order valence-corrected chi connectivity index (χ0v) is 28.6. The third-order valence-corrected chi connectivity index (χ3v) is 7.65. The van der Waals surface area contributed by atoms with Crippen molar-refractivity contribution in [1.82, 2.24) is 0 Å². The molecule has 0 saturated carbocycles. The summed E-state index contributed by atoms with van der Waals surface area (Å²) in [5, 5.41) is 0. The van der Waals surface area contributed by atoms with Crippen molar-refractivity contribution in [2.45, 2.75) is 52.4 Å². The van der Waals surface area contributed by atoms with Crippen molar-refractivity contribution in [2.24, 2.45) is 0 Å². The van der Waals surface area contributed by atoms with Crippen LogP contribution in [0.25, 0.3) is 0 Å². The zero-order valence-electron chi connectivity index (χ0n) is 28.6. The molecule has 0 aromatic heterocycles. The van der Waals surface area contributed by atoms with Gasteiger partial charge in [-0.1, -0.05) is 26.0 Å². The number of nitrogen functional groups attached to an aromatic ring is 1. The summed E-state index contributed by atoms with van der Waals surface area (Å²) in [6.45, 7) is 4.07. The Morgan fingerprint density at radius 2 is 1.06 bits per heavy atom. The molecule has 2 fully saturated rings. The van der Waals surface area contributed by atoms with Crippen molar-refractivity contribution in [3.05, 3.63) is 95.6 Å². The molecule has 2 N–H and O–H groups in total. The predicted molar refractivity (Wildman–Crippen MR) is 184 cm³/mol. The fourth-order valence-corrected chi connectivity index (χ4v) is 4.88. The summed E-state index contributed by atoms with van der Waals surface area (Å²) >= 11 is 0. The Balaban J connectivity index is 0.000000197. The van der Waals surface area contributed by atoms with E-state index in [4.69, 9.17) is 24.7 Å². The van der Waals surface area contributed by atoms with Crippen molar-refractivity contribution in [2.75, 3.05) is 24.9 Å². The van der Waals surface area contributed by atoms with Crippen LogP contribution < -0.4 is 29.6 Å². The van der Waals surface area contributed by atoms with Crippen LogP contribution in [0.1, 0.15) is 50.7 Å². The van der Waals surface area contributed by atoms with E-state index in [2.05, 4.69) is 11.7 Å². The van der Waals surface area contributed by atoms with Gasteiger partial charge in [-0.25, -0.2) is 8.78 Å². The van der Waals surface area contributed by atoms with E-state index in [1.807, 2.05) is 31.2 Å². The first-order chi connectivity index (χ1) is 24.5. The van der Waals surface area contributed by atoms with Crippen LogP contribution in [0.2, 0.25) is 0 Å². The number of aryl methyl sites for hydroxylation is 2. The summed E-state index contributed by atoms with van der Waals surface area (Å²) in [4.78, 5) is 44.5. The first-order valence-corrected chi connectivity index (χ1v) is 16.1. The standard InChI is InChI=1S/C19H18FNO4.C15H16FNO2.C4H4O3/c1-3-12-4-6-16(17(10-12)24-2)25-15-7-5-13(11-14(15)20)21-18(22)8-9-19(21)23;1-3-10-4-6-14(15(8-10)18-2)19-13-7-5-11(17)9-12(13)16;5-3-1-2-4(6)7-3/h4-7,10-11H,3,8-9H2,1-2H3;4-9H,3,17H2,1-2H3;1-2H2. The highest BCUT2D eigenvalue weighted by Gasteiger charge is 2.31. The second-order valence-corrected chi connectivity index (χ2v) is 11.2. The summed E-state index contributed by atoms with van der Waals surface area (Å²) in [6.07, 6.45) is 2.57. The van der Waals surface area contributed by atoms with Crippen LogP contribution in [-0.2, 0) is 36.8 Å². The van der Waals surface area contributed by atoms with Gasteiger partial charge in [0.1, 0.15) is 0 Å². The van der Waals surface area contributed by atoms with E-state index in [-0.39, 0.29) is 54.7 Å². The van der Waals surface area contributed by atoms with Gasteiger partial charge in [-0.15, -0.1) is 0 Å². The smallest absolute Gasteiger partial charge is 0.314 e.